The van der Waals surface area contributed by atoms with Crippen LogP contribution in [0.25, 0.3) is 0 Å². The van der Waals surface area contributed by atoms with Crippen LogP contribution >= 0.6 is 0 Å². The lowest BCUT2D eigenvalue weighted by Gasteiger charge is -2.31. The topological polar surface area (TPSA) is 40.6 Å². The van der Waals surface area contributed by atoms with Gasteiger partial charge in [-0.05, 0) is 72.2 Å². The molecule has 0 N–H and O–H groups in total. The van der Waals surface area contributed by atoms with Gasteiger partial charge in [0.25, 0.3) is 0 Å². The van der Waals surface area contributed by atoms with E-state index in [9.17, 15) is 35.9 Å². The van der Waals surface area contributed by atoms with Gasteiger partial charge in [0, 0.05) is 26.2 Å². The predicted octanol–water partition coefficient (Wildman–Crippen LogP) is 5.42. The van der Waals surface area contributed by atoms with Crippen LogP contribution in [0.2, 0.25) is 0 Å². The van der Waals surface area contributed by atoms with Crippen molar-refractivity contribution in [3.05, 3.63) is 68.8 Å². The second kappa shape index (κ2) is 8.96. The van der Waals surface area contributed by atoms with Crippen molar-refractivity contribution in [3.63, 3.8) is 0 Å². The fourth-order valence-corrected chi connectivity index (χ4v) is 4.27. The Morgan fingerprint density at radius 2 is 0.853 bits per heavy atom. The summed E-state index contributed by atoms with van der Waals surface area (Å²) in [7, 11) is 0. The van der Waals surface area contributed by atoms with Gasteiger partial charge in [-0.15, -0.1) is 0 Å². The molecule has 0 fully saturated rings. The highest BCUT2D eigenvalue weighted by Gasteiger charge is 2.44. The number of carbonyl (C=O) groups excluding carboxylic acids is 2. The van der Waals surface area contributed by atoms with Gasteiger partial charge in [-0.3, -0.25) is 9.59 Å². The van der Waals surface area contributed by atoms with E-state index in [2.05, 4.69) is 0 Å². The summed E-state index contributed by atoms with van der Waals surface area (Å²) in [5.41, 5.74) is 4.05. The Morgan fingerprint density at radius 1 is 0.588 bits per heavy atom. The fraction of sp³-hybridized carbons (Fsp3) is 0.417. The number of hydrogen-bond donors (Lipinski definition) is 0. The molecule has 0 saturated heterocycles. The highest BCUT2D eigenvalue weighted by Crippen LogP contribution is 2.32. The summed E-state index contributed by atoms with van der Waals surface area (Å²) in [6.07, 6.45) is -10.1. The third-order valence-electron chi connectivity index (χ3n) is 6.46. The van der Waals surface area contributed by atoms with Gasteiger partial charge in [-0.1, -0.05) is 24.3 Å². The van der Waals surface area contributed by atoms with Crippen LogP contribution < -0.4 is 0 Å². The van der Waals surface area contributed by atoms with Crippen LogP contribution in [0.4, 0.5) is 26.3 Å². The second-order valence-corrected chi connectivity index (χ2v) is 8.59. The summed E-state index contributed by atoms with van der Waals surface area (Å²) >= 11 is 0. The molecule has 0 aromatic heterocycles. The summed E-state index contributed by atoms with van der Waals surface area (Å²) in [4.78, 5) is 25.9. The number of rotatable bonds is 0. The van der Waals surface area contributed by atoms with E-state index >= 15 is 0 Å². The van der Waals surface area contributed by atoms with E-state index < -0.39 is 24.2 Å². The monoisotopic (exact) mass is 486 g/mol. The minimum atomic E-state index is -5.06. The highest BCUT2D eigenvalue weighted by molar-refractivity contribution is 5.82. The molecule has 0 aliphatic carbocycles. The van der Waals surface area contributed by atoms with E-state index in [1.807, 2.05) is 0 Å². The number of benzene rings is 2. The molecule has 0 saturated carbocycles. The minimum Gasteiger partial charge on any atom is -0.326 e. The Morgan fingerprint density at radius 3 is 1.09 bits per heavy atom. The van der Waals surface area contributed by atoms with E-state index in [1.54, 1.807) is 27.7 Å². The van der Waals surface area contributed by atoms with Gasteiger partial charge in [0.05, 0.1) is 0 Å². The molecule has 2 aromatic rings. The first kappa shape index (κ1) is 25.6. The van der Waals surface area contributed by atoms with Crippen molar-refractivity contribution in [2.75, 3.05) is 0 Å². The van der Waals surface area contributed by atoms with Gasteiger partial charge in [-0.2, -0.15) is 26.3 Å². The Kier molecular flexibility index (Phi) is 6.74. The maximum Gasteiger partial charge on any atom is 0.471 e. The van der Waals surface area contributed by atoms with E-state index in [0.717, 1.165) is 9.80 Å². The van der Waals surface area contributed by atoms with Crippen LogP contribution in [-0.2, 0) is 35.8 Å². The average Bonchev–Trinajstić information content (AvgIpc) is 2.75. The van der Waals surface area contributed by atoms with Gasteiger partial charge >= 0.3 is 24.2 Å². The van der Waals surface area contributed by atoms with Crippen molar-refractivity contribution in [1.82, 2.24) is 9.80 Å². The molecule has 34 heavy (non-hydrogen) atoms. The quantitative estimate of drug-likeness (QED) is 0.467. The number of amides is 2. The Balaban J connectivity index is 2.21. The lowest BCUT2D eigenvalue weighted by Crippen LogP contribution is -2.41. The van der Waals surface area contributed by atoms with Crippen LogP contribution in [-0.4, -0.2) is 34.0 Å². The first-order valence-electron chi connectivity index (χ1n) is 10.5. The molecule has 0 atom stereocenters. The van der Waals surface area contributed by atoms with Crippen LogP contribution in [0.3, 0.4) is 0 Å². The Labute approximate surface area is 193 Å². The molecule has 0 unspecified atom stereocenters. The molecule has 4 aliphatic heterocycles. The minimum absolute atomic E-state index is 0.315. The second-order valence-electron chi connectivity index (χ2n) is 8.59. The van der Waals surface area contributed by atoms with Crippen molar-refractivity contribution in [3.8, 4) is 0 Å². The number of hydrogen-bond acceptors (Lipinski definition) is 2. The van der Waals surface area contributed by atoms with Crippen LogP contribution in [0.5, 0.6) is 0 Å². The summed E-state index contributed by atoms with van der Waals surface area (Å²) in [5, 5.41) is 0. The zero-order valence-electron chi connectivity index (χ0n) is 19.1. The van der Waals surface area contributed by atoms with Crippen LogP contribution in [0.1, 0.15) is 44.5 Å². The molecule has 4 heterocycles. The molecule has 6 rings (SSSR count). The van der Waals surface area contributed by atoms with Gasteiger partial charge in [-0.25, -0.2) is 0 Å². The molecule has 2 amide bonds. The number of carbonyl (C=O) groups is 2. The first-order valence-corrected chi connectivity index (χ1v) is 10.5. The standard InChI is InChI=1S/C24H24F6N2O2/c1-13-14(2)20-12-32(22(34)24(28,29)30)10-18-7-5-17(6-8-18)9-31(21(33)23(25,26)27)11-19(13)15(3)16(20)4/h5-8H,9-12H2,1-4H3. The number of alkyl halides is 6. The summed E-state index contributed by atoms with van der Waals surface area (Å²) in [6.45, 7) is 5.35. The van der Waals surface area contributed by atoms with Crippen molar-refractivity contribution < 1.29 is 35.9 Å². The molecule has 4 nitrogen and oxygen atoms in total. The average molecular weight is 486 g/mol. The SMILES string of the molecule is Cc1c(C)c2c(C)c(C)c1CN(C(=O)C(F)(F)F)Cc1ccc(cc1)CN(C(=O)C(F)(F)F)C2. The summed E-state index contributed by atoms with van der Waals surface area (Å²) in [6, 6.07) is 5.80. The van der Waals surface area contributed by atoms with Crippen LogP contribution in [0.15, 0.2) is 24.3 Å². The van der Waals surface area contributed by atoms with Gasteiger partial charge in [0.2, 0.25) is 0 Å². The lowest BCUT2D eigenvalue weighted by atomic mass is 9.88. The van der Waals surface area contributed by atoms with Crippen LogP contribution in [0, 0.1) is 27.7 Å². The predicted molar refractivity (Wildman–Crippen MR) is 112 cm³/mol. The molecule has 10 heteroatoms. The zero-order chi connectivity index (χ0) is 25.6. The maximum absolute atomic E-state index is 13.4. The maximum atomic E-state index is 13.4. The van der Waals surface area contributed by atoms with Crippen molar-refractivity contribution >= 4 is 11.8 Å². The number of halogens is 6. The van der Waals surface area contributed by atoms with E-state index in [1.165, 1.54) is 24.3 Å². The largest absolute Gasteiger partial charge is 0.471 e. The molecule has 4 bridgehead atoms. The first-order chi connectivity index (χ1) is 15.6. The van der Waals surface area contributed by atoms with Crippen molar-refractivity contribution in [1.29, 1.82) is 0 Å². The molecule has 184 valence electrons. The zero-order valence-corrected chi connectivity index (χ0v) is 19.1. The normalized spacial score (nSPS) is 15.0. The summed E-state index contributed by atoms with van der Waals surface area (Å²) < 4.78 is 80.1. The third kappa shape index (κ3) is 5.05. The van der Waals surface area contributed by atoms with Crippen molar-refractivity contribution in [2.24, 2.45) is 0 Å². The molecule has 0 spiro atoms. The molecule has 0 radical (unpaired) electrons. The highest BCUT2D eigenvalue weighted by atomic mass is 19.4. The van der Waals surface area contributed by atoms with E-state index in [4.69, 9.17) is 0 Å². The third-order valence-corrected chi connectivity index (χ3v) is 6.46. The van der Waals surface area contributed by atoms with E-state index in [0.29, 0.717) is 44.5 Å². The summed E-state index contributed by atoms with van der Waals surface area (Å²) in [5.74, 6) is -3.94. The number of nitrogens with zero attached hydrogens (tertiary/aromatic N) is 2. The Hall–Kier alpha value is -3.04. The smallest absolute Gasteiger partial charge is 0.326 e. The lowest BCUT2D eigenvalue weighted by molar-refractivity contribution is -0.187. The molecular formula is C24H24F6N2O2. The van der Waals surface area contributed by atoms with E-state index in [-0.39, 0.29) is 26.2 Å². The van der Waals surface area contributed by atoms with Gasteiger partial charge in [0.1, 0.15) is 0 Å². The van der Waals surface area contributed by atoms with Gasteiger partial charge < -0.3 is 9.80 Å². The van der Waals surface area contributed by atoms with Crippen molar-refractivity contribution in [2.45, 2.75) is 66.2 Å². The Bertz CT molecular complexity index is 1000. The molecular weight excluding hydrogens is 462 g/mol. The molecule has 4 aliphatic rings. The van der Waals surface area contributed by atoms with Gasteiger partial charge in [0.15, 0.2) is 0 Å². The fourth-order valence-electron chi connectivity index (χ4n) is 4.27. The molecule has 2 aromatic carbocycles.